The van der Waals surface area contributed by atoms with Crippen LogP contribution in [0.1, 0.15) is 24.4 Å². The predicted molar refractivity (Wildman–Crippen MR) is 132 cm³/mol. The van der Waals surface area contributed by atoms with Gasteiger partial charge in [-0.05, 0) is 74.0 Å². The van der Waals surface area contributed by atoms with Gasteiger partial charge in [-0.15, -0.1) is 0 Å². The van der Waals surface area contributed by atoms with E-state index in [0.29, 0.717) is 32.5 Å². The molecule has 0 bridgehead atoms. The summed E-state index contributed by atoms with van der Waals surface area (Å²) in [6.45, 7) is 3.54. The van der Waals surface area contributed by atoms with Gasteiger partial charge in [0.25, 0.3) is 5.56 Å². The lowest BCUT2D eigenvalue weighted by Gasteiger charge is -2.27. The van der Waals surface area contributed by atoms with E-state index < -0.39 is 16.1 Å². The number of aryl methyl sites for hydroxylation is 1. The van der Waals surface area contributed by atoms with Crippen molar-refractivity contribution < 1.29 is 8.42 Å². The molecule has 0 saturated heterocycles. The highest BCUT2D eigenvalue weighted by molar-refractivity contribution is 7.89. The Kier molecular flexibility index (Phi) is 6.33. The van der Waals surface area contributed by atoms with Crippen molar-refractivity contribution in [2.24, 2.45) is 0 Å². The molecule has 0 aliphatic carbocycles. The molecule has 170 valence electrons. The molecule has 1 heterocycles. The number of benzene rings is 3. The first kappa shape index (κ1) is 23.4. The third-order valence-corrected chi connectivity index (χ3v) is 8.04. The molecule has 33 heavy (non-hydrogen) atoms. The van der Waals surface area contributed by atoms with Crippen LogP contribution in [0.25, 0.3) is 16.6 Å². The number of hydrogen-bond donors (Lipinski definition) is 0. The average molecular weight is 502 g/mol. The average Bonchev–Trinajstić information content (AvgIpc) is 2.79. The molecule has 4 aromatic rings. The Morgan fingerprint density at radius 2 is 1.61 bits per heavy atom. The lowest BCUT2D eigenvalue weighted by molar-refractivity contribution is 0.379. The minimum Gasteiger partial charge on any atom is -0.268 e. The molecule has 4 rings (SSSR count). The summed E-state index contributed by atoms with van der Waals surface area (Å²) in [5, 5.41) is 1.41. The minimum atomic E-state index is -3.89. The second kappa shape index (κ2) is 8.91. The van der Waals surface area contributed by atoms with Crippen molar-refractivity contribution in [1.29, 1.82) is 0 Å². The van der Waals surface area contributed by atoms with Crippen LogP contribution < -0.4 is 5.56 Å². The van der Waals surface area contributed by atoms with Gasteiger partial charge in [0.1, 0.15) is 5.82 Å². The van der Waals surface area contributed by atoms with Crippen molar-refractivity contribution in [3.8, 4) is 5.69 Å². The van der Waals surface area contributed by atoms with Gasteiger partial charge >= 0.3 is 0 Å². The predicted octanol–water partition coefficient (Wildman–Crippen LogP) is 5.38. The van der Waals surface area contributed by atoms with E-state index in [4.69, 9.17) is 28.2 Å². The Balaban J connectivity index is 1.94. The van der Waals surface area contributed by atoms with E-state index in [1.807, 2.05) is 6.92 Å². The van der Waals surface area contributed by atoms with E-state index in [1.54, 1.807) is 49.4 Å². The minimum absolute atomic E-state index is 0.0959. The second-order valence-electron chi connectivity index (χ2n) is 7.71. The van der Waals surface area contributed by atoms with E-state index in [-0.39, 0.29) is 10.5 Å². The van der Waals surface area contributed by atoms with Crippen LogP contribution in [-0.4, -0.2) is 29.3 Å². The van der Waals surface area contributed by atoms with E-state index in [2.05, 4.69) is 0 Å². The van der Waals surface area contributed by atoms with Gasteiger partial charge in [0.2, 0.25) is 10.0 Å². The topological polar surface area (TPSA) is 72.3 Å². The summed E-state index contributed by atoms with van der Waals surface area (Å²) in [5.74, 6) is 0.296. The number of para-hydroxylation sites is 1. The Morgan fingerprint density at radius 1 is 0.970 bits per heavy atom. The van der Waals surface area contributed by atoms with Gasteiger partial charge in [0.05, 0.1) is 27.5 Å². The molecule has 3 aromatic carbocycles. The first-order valence-electron chi connectivity index (χ1n) is 10.1. The Morgan fingerprint density at radius 3 is 2.27 bits per heavy atom. The zero-order valence-corrected chi connectivity index (χ0v) is 20.5. The number of sulfonamides is 1. The van der Waals surface area contributed by atoms with Crippen LogP contribution in [0.5, 0.6) is 0 Å². The number of rotatable bonds is 5. The normalized spacial score (nSPS) is 12.9. The lowest BCUT2D eigenvalue weighted by Crippen LogP contribution is -2.35. The first-order chi connectivity index (χ1) is 15.6. The Labute approximate surface area is 202 Å². The van der Waals surface area contributed by atoms with Gasteiger partial charge in [-0.25, -0.2) is 13.4 Å². The SMILES string of the molecule is Cc1cc(Cl)ccc1-n1c(C(C)N(C)S(=O)(=O)c2ccc(Cl)cc2)nc2ccccc2c1=O. The van der Waals surface area contributed by atoms with E-state index >= 15 is 0 Å². The maximum atomic E-state index is 13.6. The fourth-order valence-electron chi connectivity index (χ4n) is 3.68. The highest BCUT2D eigenvalue weighted by Gasteiger charge is 2.30. The Bertz CT molecular complexity index is 1520. The molecule has 0 N–H and O–H groups in total. The third kappa shape index (κ3) is 4.29. The van der Waals surface area contributed by atoms with Crippen LogP contribution in [0.4, 0.5) is 0 Å². The first-order valence-corrected chi connectivity index (χ1v) is 12.3. The summed E-state index contributed by atoms with van der Waals surface area (Å²) in [5.41, 5.74) is 1.55. The zero-order chi connectivity index (χ0) is 23.9. The van der Waals surface area contributed by atoms with Crippen molar-refractivity contribution in [1.82, 2.24) is 13.9 Å². The van der Waals surface area contributed by atoms with Gasteiger partial charge in [-0.1, -0.05) is 35.3 Å². The van der Waals surface area contributed by atoms with Crippen molar-refractivity contribution >= 4 is 44.1 Å². The molecule has 1 atom stereocenters. The van der Waals surface area contributed by atoms with Gasteiger partial charge in [-0.2, -0.15) is 4.31 Å². The molecule has 0 spiro atoms. The monoisotopic (exact) mass is 501 g/mol. The molecule has 6 nitrogen and oxygen atoms in total. The smallest absolute Gasteiger partial charge is 0.266 e. The van der Waals surface area contributed by atoms with Crippen LogP contribution in [-0.2, 0) is 10.0 Å². The maximum Gasteiger partial charge on any atom is 0.266 e. The molecule has 0 saturated carbocycles. The maximum absolute atomic E-state index is 13.6. The number of nitrogens with zero attached hydrogens (tertiary/aromatic N) is 3. The van der Waals surface area contributed by atoms with Gasteiger partial charge in [-0.3, -0.25) is 9.36 Å². The molecular weight excluding hydrogens is 481 g/mol. The van der Waals surface area contributed by atoms with Gasteiger partial charge in [0, 0.05) is 17.1 Å². The highest BCUT2D eigenvalue weighted by Crippen LogP contribution is 2.28. The summed E-state index contributed by atoms with van der Waals surface area (Å²) in [4.78, 5) is 18.4. The molecule has 0 radical (unpaired) electrons. The Hall–Kier alpha value is -2.71. The van der Waals surface area contributed by atoms with Crippen LogP contribution >= 0.6 is 23.2 Å². The lowest BCUT2D eigenvalue weighted by atomic mass is 10.1. The molecule has 1 aromatic heterocycles. The van der Waals surface area contributed by atoms with Crippen molar-refractivity contribution in [2.75, 3.05) is 7.05 Å². The third-order valence-electron chi connectivity index (χ3n) is 5.61. The number of aromatic nitrogens is 2. The molecule has 1 unspecified atom stereocenters. The number of halogens is 2. The molecular formula is C24H21Cl2N3O3S. The summed E-state index contributed by atoms with van der Waals surface area (Å²) >= 11 is 12.1. The van der Waals surface area contributed by atoms with Crippen molar-refractivity contribution in [2.45, 2.75) is 24.8 Å². The molecule has 9 heteroatoms. The van der Waals surface area contributed by atoms with Crippen molar-refractivity contribution in [3.05, 3.63) is 98.5 Å². The fraction of sp³-hybridized carbons (Fsp3) is 0.167. The largest absolute Gasteiger partial charge is 0.268 e. The summed E-state index contributed by atoms with van der Waals surface area (Å²) in [6.07, 6.45) is 0. The number of fused-ring (bicyclic) bond motifs is 1. The van der Waals surface area contributed by atoms with E-state index in [9.17, 15) is 13.2 Å². The van der Waals surface area contributed by atoms with Crippen LogP contribution in [0, 0.1) is 6.92 Å². The van der Waals surface area contributed by atoms with Crippen LogP contribution in [0.3, 0.4) is 0 Å². The highest BCUT2D eigenvalue weighted by atomic mass is 35.5. The van der Waals surface area contributed by atoms with E-state index in [1.165, 1.54) is 40.2 Å². The second-order valence-corrected chi connectivity index (χ2v) is 10.6. The summed E-state index contributed by atoms with van der Waals surface area (Å²) in [6, 6.07) is 17.3. The summed E-state index contributed by atoms with van der Waals surface area (Å²) < 4.78 is 29.3. The zero-order valence-electron chi connectivity index (χ0n) is 18.2. The van der Waals surface area contributed by atoms with Crippen LogP contribution in [0.15, 0.2) is 76.4 Å². The molecule has 0 aliphatic heterocycles. The molecule has 0 amide bonds. The van der Waals surface area contributed by atoms with Gasteiger partial charge < -0.3 is 0 Å². The van der Waals surface area contributed by atoms with Crippen molar-refractivity contribution in [3.63, 3.8) is 0 Å². The van der Waals surface area contributed by atoms with E-state index in [0.717, 1.165) is 5.56 Å². The number of hydrogen-bond acceptors (Lipinski definition) is 4. The quantitative estimate of drug-likeness (QED) is 0.367. The summed E-state index contributed by atoms with van der Waals surface area (Å²) in [7, 11) is -2.42. The van der Waals surface area contributed by atoms with Gasteiger partial charge in [0.15, 0.2) is 0 Å². The fourth-order valence-corrected chi connectivity index (χ4v) is 5.35. The van der Waals surface area contributed by atoms with Crippen LogP contribution in [0.2, 0.25) is 10.0 Å². The molecule has 0 fully saturated rings. The molecule has 0 aliphatic rings. The standard InChI is InChI=1S/C24H21Cl2N3O3S/c1-15-14-18(26)10-13-22(15)29-23(27-21-7-5-4-6-20(21)24(29)30)16(2)28(3)33(31,32)19-11-8-17(25)9-12-19/h4-14,16H,1-3H3.